The van der Waals surface area contributed by atoms with Gasteiger partial charge in [0.15, 0.2) is 0 Å². The zero-order valence-electron chi connectivity index (χ0n) is 13.4. The molecule has 1 fully saturated rings. The van der Waals surface area contributed by atoms with Gasteiger partial charge in [-0.05, 0) is 51.8 Å². The number of rotatable bonds is 4. The molecule has 1 aromatic rings. The van der Waals surface area contributed by atoms with E-state index in [-0.39, 0.29) is 5.60 Å². The highest BCUT2D eigenvalue weighted by atomic mass is 16.5. The van der Waals surface area contributed by atoms with Crippen molar-refractivity contribution in [2.75, 3.05) is 13.1 Å². The van der Waals surface area contributed by atoms with E-state index < -0.39 is 0 Å². The van der Waals surface area contributed by atoms with Crippen LogP contribution in [0.15, 0.2) is 18.2 Å². The minimum Gasteiger partial charge on any atom is -0.487 e. The van der Waals surface area contributed by atoms with Gasteiger partial charge in [0, 0.05) is 24.6 Å². The van der Waals surface area contributed by atoms with Crippen molar-refractivity contribution < 1.29 is 4.74 Å². The Morgan fingerprint density at radius 3 is 3.00 bits per heavy atom. The molecule has 116 valence electrons. The molecule has 1 atom stereocenters. The molecule has 0 aromatic heterocycles. The number of para-hydroxylation sites is 1. The quantitative estimate of drug-likeness (QED) is 0.925. The van der Waals surface area contributed by atoms with Gasteiger partial charge in [0.05, 0.1) is 0 Å². The summed E-state index contributed by atoms with van der Waals surface area (Å²) in [4.78, 5) is 2.61. The predicted octanol–water partition coefficient (Wildman–Crippen LogP) is 3.10. The van der Waals surface area contributed by atoms with Crippen molar-refractivity contribution in [1.29, 1.82) is 0 Å². The van der Waals surface area contributed by atoms with E-state index >= 15 is 0 Å². The number of ether oxygens (including phenoxy) is 1. The summed E-state index contributed by atoms with van der Waals surface area (Å²) in [6.07, 6.45) is 6.07. The molecule has 21 heavy (non-hydrogen) atoms. The predicted molar refractivity (Wildman–Crippen MR) is 86.6 cm³/mol. The average molecular weight is 288 g/mol. The molecule has 2 N–H and O–H groups in total. The zero-order valence-corrected chi connectivity index (χ0v) is 13.4. The minimum absolute atomic E-state index is 0.0585. The largest absolute Gasteiger partial charge is 0.487 e. The molecule has 1 unspecified atom stereocenters. The fourth-order valence-corrected chi connectivity index (χ4v) is 3.81. The van der Waals surface area contributed by atoms with Gasteiger partial charge < -0.3 is 10.5 Å². The molecule has 2 aliphatic rings. The van der Waals surface area contributed by atoms with Crippen molar-refractivity contribution in [2.45, 2.75) is 64.1 Å². The minimum atomic E-state index is -0.0585. The zero-order chi connectivity index (χ0) is 14.9. The Hall–Kier alpha value is -1.06. The van der Waals surface area contributed by atoms with Gasteiger partial charge >= 0.3 is 0 Å². The smallest absolute Gasteiger partial charge is 0.127 e. The maximum absolute atomic E-state index is 6.21. The molecule has 3 rings (SSSR count). The second kappa shape index (κ2) is 5.98. The molecule has 2 aliphatic heterocycles. The van der Waals surface area contributed by atoms with E-state index in [1.54, 1.807) is 0 Å². The Kier molecular flexibility index (Phi) is 4.23. The second-order valence-electron chi connectivity index (χ2n) is 7.14. The van der Waals surface area contributed by atoms with E-state index in [1.807, 2.05) is 0 Å². The van der Waals surface area contributed by atoms with Crippen molar-refractivity contribution in [3.63, 3.8) is 0 Å². The molecule has 2 heterocycles. The van der Waals surface area contributed by atoms with Crippen LogP contribution in [-0.2, 0) is 13.0 Å². The average Bonchev–Trinajstić information content (AvgIpc) is 2.76. The number of hydrogen-bond donors (Lipinski definition) is 1. The molecule has 0 aliphatic carbocycles. The third kappa shape index (κ3) is 3.24. The first-order chi connectivity index (χ1) is 10.1. The maximum atomic E-state index is 6.21. The van der Waals surface area contributed by atoms with Crippen LogP contribution in [0.4, 0.5) is 0 Å². The molecule has 0 saturated carbocycles. The van der Waals surface area contributed by atoms with Gasteiger partial charge in [-0.15, -0.1) is 0 Å². The van der Waals surface area contributed by atoms with Crippen molar-refractivity contribution in [2.24, 2.45) is 5.73 Å². The lowest BCUT2D eigenvalue weighted by Crippen LogP contribution is -2.40. The number of nitrogens with zero attached hydrogens (tertiary/aromatic N) is 1. The molecule has 0 radical (unpaired) electrons. The van der Waals surface area contributed by atoms with E-state index in [2.05, 4.69) is 36.9 Å². The van der Waals surface area contributed by atoms with Crippen molar-refractivity contribution >= 4 is 0 Å². The number of fused-ring (bicyclic) bond motifs is 1. The van der Waals surface area contributed by atoms with Crippen LogP contribution in [0, 0.1) is 0 Å². The lowest BCUT2D eigenvalue weighted by atomic mass is 9.97. The molecule has 0 bridgehead atoms. The van der Waals surface area contributed by atoms with Gasteiger partial charge in [0.25, 0.3) is 0 Å². The Morgan fingerprint density at radius 1 is 1.33 bits per heavy atom. The third-order valence-corrected chi connectivity index (χ3v) is 4.80. The first kappa shape index (κ1) is 14.9. The van der Waals surface area contributed by atoms with Gasteiger partial charge in [-0.25, -0.2) is 0 Å². The van der Waals surface area contributed by atoms with E-state index in [0.717, 1.165) is 31.7 Å². The van der Waals surface area contributed by atoms with Crippen molar-refractivity contribution in [3.8, 4) is 5.75 Å². The lowest BCUT2D eigenvalue weighted by Gasteiger charge is -2.36. The first-order valence-corrected chi connectivity index (χ1v) is 8.33. The highest BCUT2D eigenvalue weighted by Gasteiger charge is 2.32. The van der Waals surface area contributed by atoms with Crippen molar-refractivity contribution in [3.05, 3.63) is 29.3 Å². The van der Waals surface area contributed by atoms with E-state index in [9.17, 15) is 0 Å². The summed E-state index contributed by atoms with van der Waals surface area (Å²) < 4.78 is 6.21. The van der Waals surface area contributed by atoms with E-state index in [0.29, 0.717) is 6.04 Å². The van der Waals surface area contributed by atoms with Crippen molar-refractivity contribution in [1.82, 2.24) is 4.90 Å². The summed E-state index contributed by atoms with van der Waals surface area (Å²) in [5.41, 5.74) is 8.45. The Balaban J connectivity index is 1.78. The number of nitrogens with two attached hydrogens (primary N) is 1. The molecule has 1 saturated heterocycles. The highest BCUT2D eigenvalue weighted by Crippen LogP contribution is 2.38. The second-order valence-corrected chi connectivity index (χ2v) is 7.14. The SMILES string of the molecule is CC1(C)Cc2cccc(CN3CCCCC3CCN)c2O1. The first-order valence-electron chi connectivity index (χ1n) is 8.33. The van der Waals surface area contributed by atoms with Crippen LogP contribution < -0.4 is 10.5 Å². The fraction of sp³-hybridized carbons (Fsp3) is 0.667. The van der Waals surface area contributed by atoms with Gasteiger partial charge in [-0.2, -0.15) is 0 Å². The Labute approximate surface area is 128 Å². The van der Waals surface area contributed by atoms with Crippen LogP contribution in [0.1, 0.15) is 50.7 Å². The summed E-state index contributed by atoms with van der Waals surface area (Å²) in [7, 11) is 0. The molecular formula is C18H28N2O. The molecule has 0 amide bonds. The van der Waals surface area contributed by atoms with Gasteiger partial charge in [0.1, 0.15) is 11.4 Å². The van der Waals surface area contributed by atoms with Gasteiger partial charge in [-0.3, -0.25) is 4.90 Å². The highest BCUT2D eigenvalue weighted by molar-refractivity contribution is 5.45. The molecule has 1 aromatic carbocycles. The standard InChI is InChI=1S/C18H28N2O/c1-18(2)12-14-6-5-7-15(17(14)21-18)13-20-11-4-3-8-16(20)9-10-19/h5-7,16H,3-4,8-13,19H2,1-2H3. The van der Waals surface area contributed by atoms with E-state index in [1.165, 1.54) is 36.9 Å². The maximum Gasteiger partial charge on any atom is 0.127 e. The van der Waals surface area contributed by atoms with Crippen LogP contribution in [-0.4, -0.2) is 29.6 Å². The molecule has 0 spiro atoms. The van der Waals surface area contributed by atoms with Crippen LogP contribution >= 0.6 is 0 Å². The van der Waals surface area contributed by atoms with Gasteiger partial charge in [0.2, 0.25) is 0 Å². The number of likely N-dealkylation sites (tertiary alicyclic amines) is 1. The summed E-state index contributed by atoms with van der Waals surface area (Å²) in [6.45, 7) is 7.34. The lowest BCUT2D eigenvalue weighted by molar-refractivity contribution is 0.120. The summed E-state index contributed by atoms with van der Waals surface area (Å²) in [5.74, 6) is 1.14. The fourth-order valence-electron chi connectivity index (χ4n) is 3.81. The topological polar surface area (TPSA) is 38.5 Å². The normalized spacial score (nSPS) is 24.6. The summed E-state index contributed by atoms with van der Waals surface area (Å²) in [6, 6.07) is 7.27. The van der Waals surface area contributed by atoms with E-state index in [4.69, 9.17) is 10.5 Å². The molecule has 3 heteroatoms. The number of hydrogen-bond acceptors (Lipinski definition) is 3. The monoisotopic (exact) mass is 288 g/mol. The summed E-state index contributed by atoms with van der Waals surface area (Å²) in [5, 5.41) is 0. The number of benzene rings is 1. The van der Waals surface area contributed by atoms with Crippen LogP contribution in [0.2, 0.25) is 0 Å². The van der Waals surface area contributed by atoms with Crippen LogP contribution in [0.5, 0.6) is 5.75 Å². The Bertz CT molecular complexity index is 496. The van der Waals surface area contributed by atoms with Gasteiger partial charge in [-0.1, -0.05) is 24.6 Å². The van der Waals surface area contributed by atoms with Crippen LogP contribution in [0.3, 0.4) is 0 Å². The Morgan fingerprint density at radius 2 is 2.19 bits per heavy atom. The van der Waals surface area contributed by atoms with Crippen LogP contribution in [0.25, 0.3) is 0 Å². The summed E-state index contributed by atoms with van der Waals surface area (Å²) >= 11 is 0. The number of piperidine rings is 1. The molecule has 3 nitrogen and oxygen atoms in total. The molecular weight excluding hydrogens is 260 g/mol. The third-order valence-electron chi connectivity index (χ3n) is 4.80.